The van der Waals surface area contributed by atoms with E-state index in [1.807, 2.05) is 19.2 Å². The fraction of sp³-hybridized carbons (Fsp3) is 0.538. The Hall–Kier alpha value is -3.16. The van der Waals surface area contributed by atoms with Crippen molar-refractivity contribution in [3.63, 3.8) is 0 Å². The van der Waals surface area contributed by atoms with E-state index in [4.69, 9.17) is 9.72 Å². The Morgan fingerprint density at radius 3 is 2.65 bits per heavy atom. The van der Waals surface area contributed by atoms with Crippen molar-refractivity contribution in [3.8, 4) is 5.75 Å². The highest BCUT2D eigenvalue weighted by atomic mass is 16.5. The van der Waals surface area contributed by atoms with Gasteiger partial charge in [-0.3, -0.25) is 9.59 Å². The zero-order valence-electron chi connectivity index (χ0n) is 20.5. The summed E-state index contributed by atoms with van der Waals surface area (Å²) in [5, 5.41) is 3.33. The highest BCUT2D eigenvalue weighted by molar-refractivity contribution is 6.07. The third kappa shape index (κ3) is 3.34. The van der Waals surface area contributed by atoms with Crippen molar-refractivity contribution in [3.05, 3.63) is 29.5 Å². The number of likely N-dealkylation sites (N-methyl/N-ethyl adjacent to an activating group) is 1. The average molecular weight is 464 g/mol. The van der Waals surface area contributed by atoms with Crippen LogP contribution in [0.4, 0.5) is 23.1 Å². The van der Waals surface area contributed by atoms with Gasteiger partial charge in [0.25, 0.3) is 5.91 Å². The Kier molecular flexibility index (Phi) is 5.70. The number of nitrogens with one attached hydrogen (secondary N) is 1. The minimum atomic E-state index is -0.601. The fourth-order valence-corrected chi connectivity index (χ4v) is 5.99. The number of aromatic nitrogens is 2. The van der Waals surface area contributed by atoms with E-state index in [0.29, 0.717) is 36.3 Å². The molecule has 3 heterocycles. The number of ketones is 1. The van der Waals surface area contributed by atoms with Gasteiger partial charge in [0, 0.05) is 30.6 Å². The molecule has 0 spiro atoms. The summed E-state index contributed by atoms with van der Waals surface area (Å²) >= 11 is 0. The second-order valence-corrected chi connectivity index (χ2v) is 9.56. The van der Waals surface area contributed by atoms with Crippen LogP contribution in [0.2, 0.25) is 0 Å². The first-order valence-corrected chi connectivity index (χ1v) is 12.4. The predicted octanol–water partition coefficient (Wildman–Crippen LogP) is 4.64. The number of amides is 1. The lowest BCUT2D eigenvalue weighted by Crippen LogP contribution is -2.65. The molecule has 5 rings (SSSR count). The van der Waals surface area contributed by atoms with Crippen LogP contribution in [0.15, 0.2) is 18.3 Å². The summed E-state index contributed by atoms with van der Waals surface area (Å²) in [6.45, 7) is 6.33. The fourth-order valence-electron chi connectivity index (χ4n) is 5.99. The Morgan fingerprint density at radius 1 is 1.24 bits per heavy atom. The zero-order valence-corrected chi connectivity index (χ0v) is 20.5. The predicted molar refractivity (Wildman–Crippen MR) is 132 cm³/mol. The summed E-state index contributed by atoms with van der Waals surface area (Å²) in [6, 6.07) is 3.99. The number of benzene rings is 1. The van der Waals surface area contributed by atoms with Crippen LogP contribution in [-0.2, 0) is 11.2 Å². The molecule has 34 heavy (non-hydrogen) atoms. The molecule has 3 aliphatic rings. The lowest BCUT2D eigenvalue weighted by molar-refractivity contribution is -0.124. The van der Waals surface area contributed by atoms with Crippen molar-refractivity contribution in [1.82, 2.24) is 9.97 Å². The number of hydrogen-bond donors (Lipinski definition) is 1. The number of carbonyl (C=O) groups excluding carboxylic acids is 2. The molecule has 0 atom stereocenters. The van der Waals surface area contributed by atoms with E-state index in [1.165, 1.54) is 12.8 Å². The van der Waals surface area contributed by atoms with Crippen molar-refractivity contribution >= 4 is 34.8 Å². The SMILES string of the molecule is CCC1(CC)C(=O)N(C)c2cnc(Nc3ccc(C(C)=O)c4c3OCC4)nc2N1C1CCCC1. The lowest BCUT2D eigenvalue weighted by atomic mass is 9.84. The summed E-state index contributed by atoms with van der Waals surface area (Å²) in [4.78, 5) is 39.2. The molecule has 0 saturated heterocycles. The first-order valence-electron chi connectivity index (χ1n) is 12.4. The third-order valence-electron chi connectivity index (χ3n) is 7.85. The molecule has 2 aromatic rings. The van der Waals surface area contributed by atoms with Gasteiger partial charge in [-0.05, 0) is 44.7 Å². The molecule has 1 N–H and O–H groups in total. The van der Waals surface area contributed by atoms with Crippen molar-refractivity contribution < 1.29 is 14.3 Å². The van der Waals surface area contributed by atoms with Crippen LogP contribution in [0.1, 0.15) is 75.2 Å². The molecule has 1 aromatic heterocycles. The molecule has 0 radical (unpaired) electrons. The number of ether oxygens (including phenoxy) is 1. The highest BCUT2D eigenvalue weighted by Crippen LogP contribution is 2.46. The molecule has 2 aliphatic heterocycles. The molecule has 1 fully saturated rings. The smallest absolute Gasteiger partial charge is 0.252 e. The Balaban J connectivity index is 1.58. The minimum absolute atomic E-state index is 0.0358. The van der Waals surface area contributed by atoms with Crippen LogP contribution in [0.5, 0.6) is 5.75 Å². The van der Waals surface area contributed by atoms with Crippen LogP contribution in [0.3, 0.4) is 0 Å². The Morgan fingerprint density at radius 2 is 1.97 bits per heavy atom. The molecule has 1 aromatic carbocycles. The van der Waals surface area contributed by atoms with Gasteiger partial charge >= 0.3 is 0 Å². The van der Waals surface area contributed by atoms with Gasteiger partial charge in [-0.25, -0.2) is 4.98 Å². The summed E-state index contributed by atoms with van der Waals surface area (Å²) in [5.41, 5.74) is 2.53. The zero-order chi connectivity index (χ0) is 24.0. The normalized spacial score (nSPS) is 19.1. The van der Waals surface area contributed by atoms with Gasteiger partial charge in [0.1, 0.15) is 17.0 Å². The van der Waals surface area contributed by atoms with Crippen LogP contribution < -0.4 is 19.9 Å². The first kappa shape index (κ1) is 22.6. The van der Waals surface area contributed by atoms with E-state index in [2.05, 4.69) is 29.0 Å². The lowest BCUT2D eigenvalue weighted by Gasteiger charge is -2.51. The molecular formula is C26H33N5O3. The Bertz CT molecular complexity index is 1140. The van der Waals surface area contributed by atoms with Crippen molar-refractivity contribution in [1.29, 1.82) is 0 Å². The van der Waals surface area contributed by atoms with E-state index in [0.717, 1.165) is 48.4 Å². The quantitative estimate of drug-likeness (QED) is 0.624. The van der Waals surface area contributed by atoms with Crippen LogP contribution in [0, 0.1) is 0 Å². The van der Waals surface area contributed by atoms with Crippen LogP contribution >= 0.6 is 0 Å². The van der Waals surface area contributed by atoms with Gasteiger partial charge in [-0.1, -0.05) is 26.7 Å². The number of rotatable bonds is 6. The minimum Gasteiger partial charge on any atom is -0.491 e. The first-order chi connectivity index (χ1) is 16.4. The van der Waals surface area contributed by atoms with E-state index in [9.17, 15) is 9.59 Å². The van der Waals surface area contributed by atoms with Gasteiger partial charge in [0.05, 0.1) is 18.5 Å². The Labute approximate surface area is 200 Å². The maximum Gasteiger partial charge on any atom is 0.252 e. The van der Waals surface area contributed by atoms with E-state index >= 15 is 0 Å². The summed E-state index contributed by atoms with van der Waals surface area (Å²) in [5.74, 6) is 2.12. The largest absolute Gasteiger partial charge is 0.491 e. The number of carbonyl (C=O) groups is 2. The van der Waals surface area contributed by atoms with Gasteiger partial charge in [0.15, 0.2) is 11.6 Å². The van der Waals surface area contributed by atoms with Gasteiger partial charge in [0.2, 0.25) is 5.95 Å². The monoisotopic (exact) mass is 463 g/mol. The number of nitrogens with zero attached hydrogens (tertiary/aromatic N) is 4. The van der Waals surface area contributed by atoms with Crippen molar-refractivity contribution in [2.24, 2.45) is 0 Å². The second kappa shape index (κ2) is 8.56. The van der Waals surface area contributed by atoms with Gasteiger partial charge in [-0.15, -0.1) is 0 Å². The maximum absolute atomic E-state index is 13.6. The molecule has 1 saturated carbocycles. The van der Waals surface area contributed by atoms with Crippen LogP contribution in [0.25, 0.3) is 0 Å². The highest BCUT2D eigenvalue weighted by Gasteiger charge is 2.51. The second-order valence-electron chi connectivity index (χ2n) is 9.56. The summed E-state index contributed by atoms with van der Waals surface area (Å²) in [7, 11) is 1.82. The molecule has 8 nitrogen and oxygen atoms in total. The molecule has 1 amide bonds. The molecule has 0 bridgehead atoms. The number of Topliss-reactive ketones (excluding diaryl/α,β-unsaturated/α-hetero) is 1. The molecular weight excluding hydrogens is 430 g/mol. The topological polar surface area (TPSA) is 87.7 Å². The van der Waals surface area contributed by atoms with E-state index in [-0.39, 0.29) is 11.7 Å². The van der Waals surface area contributed by atoms with Crippen molar-refractivity contribution in [2.75, 3.05) is 28.8 Å². The molecule has 0 unspecified atom stereocenters. The molecule has 180 valence electrons. The maximum atomic E-state index is 13.6. The summed E-state index contributed by atoms with van der Waals surface area (Å²) in [6.07, 6.45) is 8.38. The van der Waals surface area contributed by atoms with E-state index in [1.54, 1.807) is 18.0 Å². The molecule has 8 heteroatoms. The molecule has 1 aliphatic carbocycles. The third-order valence-corrected chi connectivity index (χ3v) is 7.85. The van der Waals surface area contributed by atoms with Gasteiger partial charge < -0.3 is 19.9 Å². The number of fused-ring (bicyclic) bond motifs is 2. The number of hydrogen-bond acceptors (Lipinski definition) is 7. The number of anilines is 4. The van der Waals surface area contributed by atoms with Gasteiger partial charge in [-0.2, -0.15) is 4.98 Å². The average Bonchev–Trinajstić information content (AvgIpc) is 3.54. The summed E-state index contributed by atoms with van der Waals surface area (Å²) < 4.78 is 5.87. The standard InChI is InChI=1S/C26H33N5O3/c1-5-26(6-2)24(33)30(4)21-15-27-25(29-23(21)31(26)17-9-7-8-10-17)28-20-12-11-18(16(3)32)19-13-14-34-22(19)20/h11-12,15,17H,5-10,13-14H2,1-4H3,(H,27,28,29). The van der Waals surface area contributed by atoms with E-state index < -0.39 is 5.54 Å². The van der Waals surface area contributed by atoms with Crippen LogP contribution in [-0.4, -0.2) is 46.9 Å². The van der Waals surface area contributed by atoms with Crippen molar-refractivity contribution in [2.45, 2.75) is 77.3 Å².